The van der Waals surface area contributed by atoms with Gasteiger partial charge in [-0.05, 0) is 31.5 Å². The van der Waals surface area contributed by atoms with Crippen molar-refractivity contribution in [1.29, 1.82) is 0 Å². The van der Waals surface area contributed by atoms with E-state index >= 15 is 0 Å². The van der Waals surface area contributed by atoms with E-state index in [-0.39, 0.29) is 17.7 Å². The number of likely N-dealkylation sites (tertiary alicyclic amines) is 1. The molecular formula is C19H27N3O3. The first kappa shape index (κ1) is 17.9. The molecule has 1 atom stereocenters. The van der Waals surface area contributed by atoms with Crippen LogP contribution in [0.4, 0.5) is 0 Å². The fourth-order valence-corrected chi connectivity index (χ4v) is 3.61. The molecule has 25 heavy (non-hydrogen) atoms. The molecule has 1 aromatic carbocycles. The number of nitrogens with zero attached hydrogens (tertiary/aromatic N) is 2. The second-order valence-electron chi connectivity index (χ2n) is 6.79. The summed E-state index contributed by atoms with van der Waals surface area (Å²) in [5.74, 6) is 0.0854. The van der Waals surface area contributed by atoms with Crippen LogP contribution in [0.15, 0.2) is 30.3 Å². The fourth-order valence-electron chi connectivity index (χ4n) is 3.61. The lowest BCUT2D eigenvalue weighted by Crippen LogP contribution is -2.53. The Morgan fingerprint density at radius 3 is 2.56 bits per heavy atom. The monoisotopic (exact) mass is 345 g/mol. The van der Waals surface area contributed by atoms with Gasteiger partial charge in [0, 0.05) is 26.1 Å². The van der Waals surface area contributed by atoms with Crippen LogP contribution < -0.4 is 5.32 Å². The molecule has 0 aliphatic carbocycles. The van der Waals surface area contributed by atoms with Crippen molar-refractivity contribution in [2.24, 2.45) is 5.92 Å². The molecule has 0 saturated carbocycles. The van der Waals surface area contributed by atoms with Gasteiger partial charge in [-0.1, -0.05) is 30.3 Å². The Hall–Kier alpha value is -1.92. The summed E-state index contributed by atoms with van der Waals surface area (Å²) in [5.41, 5.74) is 1.31. The zero-order valence-electron chi connectivity index (χ0n) is 14.8. The van der Waals surface area contributed by atoms with Crippen LogP contribution in [0.1, 0.15) is 18.4 Å². The Morgan fingerprint density at radius 1 is 1.16 bits per heavy atom. The van der Waals surface area contributed by atoms with E-state index < -0.39 is 6.10 Å². The number of piperidine rings is 1. The van der Waals surface area contributed by atoms with E-state index in [1.807, 2.05) is 6.07 Å². The molecule has 136 valence electrons. The van der Waals surface area contributed by atoms with E-state index in [1.165, 1.54) is 5.56 Å². The van der Waals surface area contributed by atoms with Crippen LogP contribution in [0.25, 0.3) is 0 Å². The lowest BCUT2D eigenvalue weighted by molar-refractivity contribution is -0.150. The summed E-state index contributed by atoms with van der Waals surface area (Å²) in [6, 6.07) is 10.4. The highest BCUT2D eigenvalue weighted by molar-refractivity contribution is 5.83. The molecule has 2 amide bonds. The van der Waals surface area contributed by atoms with E-state index in [0.29, 0.717) is 19.7 Å². The maximum Gasteiger partial charge on any atom is 0.250 e. The van der Waals surface area contributed by atoms with Gasteiger partial charge in [-0.15, -0.1) is 0 Å². The second kappa shape index (κ2) is 8.45. The lowest BCUT2D eigenvalue weighted by atomic mass is 9.94. The van der Waals surface area contributed by atoms with Gasteiger partial charge in [-0.3, -0.25) is 14.5 Å². The zero-order valence-corrected chi connectivity index (χ0v) is 14.8. The molecule has 2 fully saturated rings. The van der Waals surface area contributed by atoms with Gasteiger partial charge in [0.25, 0.3) is 5.91 Å². The van der Waals surface area contributed by atoms with Crippen molar-refractivity contribution in [3.05, 3.63) is 35.9 Å². The van der Waals surface area contributed by atoms with E-state index in [2.05, 4.69) is 34.5 Å². The van der Waals surface area contributed by atoms with Crippen LogP contribution >= 0.6 is 0 Å². The lowest BCUT2D eigenvalue weighted by Gasteiger charge is -2.37. The van der Waals surface area contributed by atoms with Crippen molar-refractivity contribution in [3.63, 3.8) is 0 Å². The number of rotatable bonds is 4. The van der Waals surface area contributed by atoms with Crippen molar-refractivity contribution in [2.75, 3.05) is 39.8 Å². The molecule has 1 aromatic rings. The molecule has 6 nitrogen and oxygen atoms in total. The molecule has 6 heteroatoms. The molecule has 2 aliphatic rings. The number of ether oxygens (including phenoxy) is 1. The molecule has 3 rings (SSSR count). The van der Waals surface area contributed by atoms with Crippen molar-refractivity contribution in [1.82, 2.24) is 15.1 Å². The number of hydrogen-bond acceptors (Lipinski definition) is 4. The highest BCUT2D eigenvalue weighted by Crippen LogP contribution is 2.22. The Balaban J connectivity index is 1.49. The minimum absolute atomic E-state index is 0.0652. The average Bonchev–Trinajstić information content (AvgIpc) is 2.68. The zero-order chi connectivity index (χ0) is 17.6. The van der Waals surface area contributed by atoms with E-state index in [0.717, 1.165) is 32.5 Å². The maximum absolute atomic E-state index is 12.8. The van der Waals surface area contributed by atoms with Crippen LogP contribution in [-0.2, 0) is 20.9 Å². The standard InChI is InChI=1S/C19H27N3O3/c1-20-18(23)17-14-22(11-12-25-17)19(24)16-7-9-21(10-8-16)13-15-5-3-2-4-6-15/h2-6,16-17H,7-14H2,1H3,(H,20,23). The highest BCUT2D eigenvalue weighted by atomic mass is 16.5. The van der Waals surface area contributed by atoms with Gasteiger partial charge in [0.05, 0.1) is 13.2 Å². The first-order chi connectivity index (χ1) is 12.2. The van der Waals surface area contributed by atoms with Crippen LogP contribution in [-0.4, -0.2) is 67.6 Å². The highest BCUT2D eigenvalue weighted by Gasteiger charge is 2.33. The van der Waals surface area contributed by atoms with Gasteiger partial charge in [-0.25, -0.2) is 0 Å². The second-order valence-corrected chi connectivity index (χ2v) is 6.79. The fraction of sp³-hybridized carbons (Fsp3) is 0.579. The summed E-state index contributed by atoms with van der Waals surface area (Å²) in [5, 5.41) is 2.59. The van der Waals surface area contributed by atoms with Gasteiger partial charge in [0.15, 0.2) is 6.10 Å². The number of carbonyl (C=O) groups is 2. The molecule has 2 aliphatic heterocycles. The summed E-state index contributed by atoms with van der Waals surface area (Å²) in [7, 11) is 1.59. The molecule has 2 heterocycles. The number of benzene rings is 1. The van der Waals surface area contributed by atoms with Crippen molar-refractivity contribution < 1.29 is 14.3 Å². The molecule has 0 aromatic heterocycles. The quantitative estimate of drug-likeness (QED) is 0.880. The summed E-state index contributed by atoms with van der Waals surface area (Å²) in [6.45, 7) is 4.19. The van der Waals surface area contributed by atoms with E-state index in [9.17, 15) is 9.59 Å². The molecule has 1 N–H and O–H groups in total. The molecule has 0 bridgehead atoms. The van der Waals surface area contributed by atoms with Crippen molar-refractivity contribution in [3.8, 4) is 0 Å². The Morgan fingerprint density at radius 2 is 1.88 bits per heavy atom. The predicted octanol–water partition coefficient (Wildman–Crippen LogP) is 0.872. The molecule has 0 radical (unpaired) electrons. The van der Waals surface area contributed by atoms with Crippen LogP contribution in [0, 0.1) is 5.92 Å². The normalized spacial score (nSPS) is 22.6. The average molecular weight is 345 g/mol. The van der Waals surface area contributed by atoms with Gasteiger partial charge in [0.1, 0.15) is 0 Å². The summed E-state index contributed by atoms with van der Waals surface area (Å²) in [6.07, 6.45) is 1.22. The molecule has 0 spiro atoms. The molecule has 2 saturated heterocycles. The predicted molar refractivity (Wildman–Crippen MR) is 94.8 cm³/mol. The van der Waals surface area contributed by atoms with Gasteiger partial charge in [0.2, 0.25) is 5.91 Å². The van der Waals surface area contributed by atoms with Crippen molar-refractivity contribution >= 4 is 11.8 Å². The largest absolute Gasteiger partial charge is 0.365 e. The van der Waals surface area contributed by atoms with Gasteiger partial charge in [-0.2, -0.15) is 0 Å². The van der Waals surface area contributed by atoms with E-state index in [1.54, 1.807) is 11.9 Å². The van der Waals surface area contributed by atoms with Crippen LogP contribution in [0.5, 0.6) is 0 Å². The van der Waals surface area contributed by atoms with Crippen molar-refractivity contribution in [2.45, 2.75) is 25.5 Å². The number of morpholine rings is 1. The summed E-state index contributed by atoms with van der Waals surface area (Å²) >= 11 is 0. The minimum atomic E-state index is -0.541. The summed E-state index contributed by atoms with van der Waals surface area (Å²) in [4.78, 5) is 28.8. The first-order valence-corrected chi connectivity index (χ1v) is 9.05. The number of carbonyl (C=O) groups excluding carboxylic acids is 2. The Labute approximate surface area is 149 Å². The van der Waals surface area contributed by atoms with Gasteiger partial charge >= 0.3 is 0 Å². The molecular weight excluding hydrogens is 318 g/mol. The third-order valence-electron chi connectivity index (χ3n) is 5.10. The Bertz CT molecular complexity index is 585. The maximum atomic E-state index is 12.8. The number of likely N-dealkylation sites (N-methyl/N-ethyl adjacent to an activating group) is 1. The topological polar surface area (TPSA) is 61.9 Å². The third kappa shape index (κ3) is 4.58. The first-order valence-electron chi connectivity index (χ1n) is 9.05. The molecule has 1 unspecified atom stereocenters. The van der Waals surface area contributed by atoms with Gasteiger partial charge < -0.3 is 15.0 Å². The SMILES string of the molecule is CNC(=O)C1CN(C(=O)C2CCN(Cc3ccccc3)CC2)CCO1. The summed E-state index contributed by atoms with van der Waals surface area (Å²) < 4.78 is 5.47. The van der Waals surface area contributed by atoms with Crippen LogP contribution in [0.3, 0.4) is 0 Å². The number of nitrogens with one attached hydrogen (secondary N) is 1. The number of hydrogen-bond donors (Lipinski definition) is 1. The Kier molecular flexibility index (Phi) is 6.04. The van der Waals surface area contributed by atoms with E-state index in [4.69, 9.17) is 4.74 Å². The number of amides is 2. The third-order valence-corrected chi connectivity index (χ3v) is 5.10. The van der Waals surface area contributed by atoms with Crippen LogP contribution in [0.2, 0.25) is 0 Å². The smallest absolute Gasteiger partial charge is 0.250 e. The minimum Gasteiger partial charge on any atom is -0.365 e.